The first-order chi connectivity index (χ1) is 4.91. The smallest absolute Gasteiger partial charge is 1.00 e. The SMILES string of the molecule is NCCNCCNCCN.[Cl-].[Cl-].[Ni+2]. The van der Waals surface area contributed by atoms with Crippen LogP contribution in [0.2, 0.25) is 0 Å². The second-order valence-electron chi connectivity index (χ2n) is 2.08. The van der Waals surface area contributed by atoms with Gasteiger partial charge in [0, 0.05) is 39.3 Å². The third-order valence-corrected chi connectivity index (χ3v) is 1.12. The minimum atomic E-state index is 0. The third kappa shape index (κ3) is 24.6. The van der Waals surface area contributed by atoms with Crippen molar-refractivity contribution >= 4 is 0 Å². The van der Waals surface area contributed by atoms with Gasteiger partial charge in [-0.3, -0.25) is 0 Å². The average molecular weight is 276 g/mol. The molecule has 0 aromatic rings. The monoisotopic (exact) mass is 274 g/mol. The van der Waals surface area contributed by atoms with Crippen LogP contribution in [0.15, 0.2) is 0 Å². The molecule has 0 atom stereocenters. The molecule has 0 saturated carbocycles. The Morgan fingerprint density at radius 2 is 1.00 bits per heavy atom. The molecule has 0 spiro atoms. The van der Waals surface area contributed by atoms with E-state index in [1.807, 2.05) is 0 Å². The van der Waals surface area contributed by atoms with Crippen LogP contribution < -0.4 is 46.9 Å². The zero-order valence-corrected chi connectivity index (χ0v) is 9.97. The van der Waals surface area contributed by atoms with Crippen LogP contribution in [0.3, 0.4) is 0 Å². The normalized spacial score (nSPS) is 7.85. The van der Waals surface area contributed by atoms with E-state index in [-0.39, 0.29) is 41.3 Å². The Morgan fingerprint density at radius 1 is 0.692 bits per heavy atom. The summed E-state index contributed by atoms with van der Waals surface area (Å²) in [5, 5.41) is 6.33. The van der Waals surface area contributed by atoms with Crippen LogP contribution >= 0.6 is 0 Å². The fourth-order valence-electron chi connectivity index (χ4n) is 0.631. The van der Waals surface area contributed by atoms with Crippen molar-refractivity contribution in [3.63, 3.8) is 0 Å². The largest absolute Gasteiger partial charge is 2.00 e. The molecule has 13 heavy (non-hydrogen) atoms. The zero-order chi connectivity index (χ0) is 7.66. The summed E-state index contributed by atoms with van der Waals surface area (Å²) >= 11 is 0. The summed E-state index contributed by atoms with van der Waals surface area (Å²) in [6, 6.07) is 0. The molecule has 0 radical (unpaired) electrons. The molecule has 0 aliphatic heterocycles. The molecule has 0 bridgehead atoms. The second kappa shape index (κ2) is 23.1. The molecule has 6 N–H and O–H groups in total. The standard InChI is InChI=1S/C6H18N4.2ClH.Ni/c7-1-3-9-5-6-10-4-2-8;;;/h9-10H,1-8H2;2*1H;/q;;;+2/p-2. The molecular formula is C6H18Cl2N4Ni. The van der Waals surface area contributed by atoms with Gasteiger partial charge >= 0.3 is 16.5 Å². The van der Waals surface area contributed by atoms with E-state index in [1.165, 1.54) is 0 Å². The third-order valence-electron chi connectivity index (χ3n) is 1.12. The van der Waals surface area contributed by atoms with Crippen molar-refractivity contribution < 1.29 is 41.3 Å². The van der Waals surface area contributed by atoms with Crippen molar-refractivity contribution in [1.82, 2.24) is 10.6 Å². The molecule has 0 fully saturated rings. The first kappa shape index (κ1) is 23.6. The number of rotatable bonds is 7. The summed E-state index contributed by atoms with van der Waals surface area (Å²) in [6.07, 6.45) is 0. The van der Waals surface area contributed by atoms with E-state index in [2.05, 4.69) is 10.6 Å². The minimum absolute atomic E-state index is 0. The molecule has 0 unspecified atom stereocenters. The van der Waals surface area contributed by atoms with Gasteiger partial charge in [0.05, 0.1) is 0 Å². The molecule has 0 rings (SSSR count). The first-order valence-electron chi connectivity index (χ1n) is 3.73. The molecule has 0 aromatic heterocycles. The van der Waals surface area contributed by atoms with Crippen molar-refractivity contribution in [2.75, 3.05) is 39.3 Å². The quantitative estimate of drug-likeness (QED) is 0.275. The van der Waals surface area contributed by atoms with Crippen molar-refractivity contribution in [3.8, 4) is 0 Å². The van der Waals surface area contributed by atoms with Crippen molar-refractivity contribution in [1.29, 1.82) is 0 Å². The Kier molecular flexibility index (Phi) is 41.9. The molecule has 0 amide bonds. The van der Waals surface area contributed by atoms with Crippen LogP contribution in [0.4, 0.5) is 0 Å². The van der Waals surface area contributed by atoms with Crippen LogP contribution in [-0.2, 0) is 16.5 Å². The summed E-state index contributed by atoms with van der Waals surface area (Å²) in [4.78, 5) is 0. The molecule has 0 heterocycles. The van der Waals surface area contributed by atoms with Crippen molar-refractivity contribution in [2.24, 2.45) is 11.5 Å². The van der Waals surface area contributed by atoms with Gasteiger partial charge in [0.25, 0.3) is 0 Å². The molecule has 7 heteroatoms. The molecular weight excluding hydrogens is 258 g/mol. The molecule has 86 valence electrons. The van der Waals surface area contributed by atoms with Gasteiger partial charge in [-0.15, -0.1) is 0 Å². The van der Waals surface area contributed by atoms with E-state index in [9.17, 15) is 0 Å². The summed E-state index contributed by atoms with van der Waals surface area (Å²) in [5.41, 5.74) is 10.5. The minimum Gasteiger partial charge on any atom is -1.00 e. The fraction of sp³-hybridized carbons (Fsp3) is 1.00. The predicted octanol–water partition coefficient (Wildman–Crippen LogP) is -7.91. The Bertz CT molecular complexity index is 62.6. The van der Waals surface area contributed by atoms with Crippen LogP contribution in [0, 0.1) is 0 Å². The molecule has 0 aliphatic carbocycles. The van der Waals surface area contributed by atoms with E-state index in [0.717, 1.165) is 26.2 Å². The molecule has 4 nitrogen and oxygen atoms in total. The van der Waals surface area contributed by atoms with Crippen molar-refractivity contribution in [3.05, 3.63) is 0 Å². The fourth-order valence-corrected chi connectivity index (χ4v) is 0.631. The number of nitrogens with two attached hydrogens (primary N) is 2. The zero-order valence-electron chi connectivity index (χ0n) is 7.47. The van der Waals surface area contributed by atoms with E-state index < -0.39 is 0 Å². The van der Waals surface area contributed by atoms with Crippen LogP contribution in [0.5, 0.6) is 0 Å². The van der Waals surface area contributed by atoms with Crippen molar-refractivity contribution in [2.45, 2.75) is 0 Å². The molecule has 0 aromatic carbocycles. The number of nitrogens with one attached hydrogen (secondary N) is 2. The maximum atomic E-state index is 5.27. The maximum Gasteiger partial charge on any atom is 2.00 e. The van der Waals surface area contributed by atoms with Gasteiger partial charge in [0.2, 0.25) is 0 Å². The van der Waals surface area contributed by atoms with Gasteiger partial charge in [-0.2, -0.15) is 0 Å². The van der Waals surface area contributed by atoms with Gasteiger partial charge in [0.15, 0.2) is 0 Å². The maximum absolute atomic E-state index is 5.27. The summed E-state index contributed by atoms with van der Waals surface area (Å²) < 4.78 is 0. The predicted molar refractivity (Wildman–Crippen MR) is 43.8 cm³/mol. The average Bonchev–Trinajstić information content (AvgIpc) is 1.97. The van der Waals surface area contributed by atoms with Gasteiger partial charge in [-0.25, -0.2) is 0 Å². The van der Waals surface area contributed by atoms with E-state index >= 15 is 0 Å². The second-order valence-corrected chi connectivity index (χ2v) is 2.08. The van der Waals surface area contributed by atoms with Gasteiger partial charge in [-0.05, 0) is 0 Å². The number of hydrogen-bond donors (Lipinski definition) is 4. The topological polar surface area (TPSA) is 76.1 Å². The Hall–Kier alpha value is 0.914. The summed E-state index contributed by atoms with van der Waals surface area (Å²) in [7, 11) is 0. The van der Waals surface area contributed by atoms with Crippen LogP contribution in [-0.4, -0.2) is 39.3 Å². The van der Waals surface area contributed by atoms with Crippen LogP contribution in [0.1, 0.15) is 0 Å². The van der Waals surface area contributed by atoms with Gasteiger partial charge in [-0.1, -0.05) is 0 Å². The Balaban J connectivity index is -0.000000135. The number of halogens is 2. The van der Waals surface area contributed by atoms with Gasteiger partial charge in [0.1, 0.15) is 0 Å². The van der Waals surface area contributed by atoms with E-state index in [4.69, 9.17) is 11.5 Å². The van der Waals surface area contributed by atoms with Gasteiger partial charge < -0.3 is 46.9 Å². The summed E-state index contributed by atoms with van der Waals surface area (Å²) in [5.74, 6) is 0. The molecule has 0 saturated heterocycles. The van der Waals surface area contributed by atoms with E-state index in [0.29, 0.717) is 13.1 Å². The summed E-state index contributed by atoms with van der Waals surface area (Å²) in [6.45, 7) is 5.14. The van der Waals surface area contributed by atoms with Crippen LogP contribution in [0.25, 0.3) is 0 Å². The first-order valence-corrected chi connectivity index (χ1v) is 3.73. The Morgan fingerprint density at radius 3 is 1.23 bits per heavy atom. The van der Waals surface area contributed by atoms with E-state index in [1.54, 1.807) is 0 Å². The number of hydrogen-bond acceptors (Lipinski definition) is 4. The Labute approximate surface area is 103 Å². The molecule has 0 aliphatic rings.